The monoisotopic (exact) mass is 392 g/mol. The van der Waals surface area contributed by atoms with Crippen molar-refractivity contribution in [1.82, 2.24) is 0 Å². The van der Waals surface area contributed by atoms with Gasteiger partial charge >= 0.3 is 12.3 Å². The Morgan fingerprint density at radius 2 is 1.88 bits per heavy atom. The lowest BCUT2D eigenvalue weighted by Crippen LogP contribution is -2.12. The summed E-state index contributed by atoms with van der Waals surface area (Å²) in [6.07, 6.45) is -5.77. The van der Waals surface area contributed by atoms with E-state index in [0.717, 1.165) is 7.11 Å². The molecule has 2 aromatic rings. The summed E-state index contributed by atoms with van der Waals surface area (Å²) in [5.74, 6) is -1.60. The summed E-state index contributed by atoms with van der Waals surface area (Å²) in [6.45, 7) is 0.725. The summed E-state index contributed by atoms with van der Waals surface area (Å²) in [6, 6.07) is 5.57. The highest BCUT2D eigenvalue weighted by Gasteiger charge is 2.35. The van der Waals surface area contributed by atoms with Gasteiger partial charge in [-0.2, -0.15) is 13.2 Å². The number of ether oxygens (including phenoxy) is 3. The van der Waals surface area contributed by atoms with Crippen molar-refractivity contribution in [1.29, 1.82) is 0 Å². The molecule has 0 unspecified atom stereocenters. The number of halogens is 5. The van der Waals surface area contributed by atoms with Gasteiger partial charge in [-0.15, -0.1) is 0 Å². The molecule has 0 aliphatic carbocycles. The van der Waals surface area contributed by atoms with Crippen molar-refractivity contribution in [3.63, 3.8) is 0 Å². The molecular weight excluding hydrogens is 380 g/mol. The number of hydrogen-bond acceptors (Lipinski definition) is 4. The lowest BCUT2D eigenvalue weighted by Gasteiger charge is -2.17. The molecule has 2 aromatic carbocycles. The maximum atomic E-state index is 13.7. The third-order valence-electron chi connectivity index (χ3n) is 3.37. The molecule has 0 aliphatic heterocycles. The van der Waals surface area contributed by atoms with Crippen LogP contribution in [0.15, 0.2) is 30.3 Å². The smallest absolute Gasteiger partial charge is 0.488 e. The molecule has 0 bridgehead atoms. The normalized spacial score (nSPS) is 11.2. The van der Waals surface area contributed by atoms with Gasteiger partial charge in [0.2, 0.25) is 0 Å². The van der Waals surface area contributed by atoms with Gasteiger partial charge in [-0.3, -0.25) is 0 Å². The van der Waals surface area contributed by atoms with Crippen LogP contribution in [0.25, 0.3) is 0 Å². The summed E-state index contributed by atoms with van der Waals surface area (Å²) in [5, 5.41) is 0.0903. The molecule has 26 heavy (non-hydrogen) atoms. The number of alkyl halides is 3. The fourth-order valence-corrected chi connectivity index (χ4v) is 2.28. The van der Waals surface area contributed by atoms with Gasteiger partial charge in [0.25, 0.3) is 0 Å². The molecule has 0 saturated carbocycles. The molecule has 2 rings (SSSR count). The zero-order valence-corrected chi connectivity index (χ0v) is 14.4. The van der Waals surface area contributed by atoms with Crippen molar-refractivity contribution < 1.29 is 36.6 Å². The molecule has 9 heteroatoms. The van der Waals surface area contributed by atoms with Crippen LogP contribution in [0.4, 0.5) is 22.4 Å². The number of aryl methyl sites for hydroxylation is 1. The minimum atomic E-state index is -4.74. The second kappa shape index (κ2) is 7.82. The molecule has 0 radical (unpaired) electrons. The first-order valence-electron chi connectivity index (χ1n) is 7.16. The molecule has 0 aromatic heterocycles. The van der Waals surface area contributed by atoms with Gasteiger partial charge in [-0.05, 0) is 30.7 Å². The predicted molar refractivity (Wildman–Crippen MR) is 85.0 cm³/mol. The standard InChI is InChI=1S/C17H13ClF4O4/c1-9-6-11(17(20,21)22)15(7-13(9)19)25-8-10-12(18)4-3-5-14(10)26-16(23)24-2/h3-7H,8H2,1-2H3. The van der Waals surface area contributed by atoms with E-state index in [0.29, 0.717) is 12.1 Å². The molecule has 0 aliphatic rings. The van der Waals surface area contributed by atoms with E-state index in [1.807, 2.05) is 0 Å². The first-order chi connectivity index (χ1) is 12.1. The van der Waals surface area contributed by atoms with E-state index in [2.05, 4.69) is 4.74 Å². The van der Waals surface area contributed by atoms with Crippen LogP contribution >= 0.6 is 11.6 Å². The van der Waals surface area contributed by atoms with Gasteiger partial charge in [0.15, 0.2) is 0 Å². The average molecular weight is 393 g/mol. The van der Waals surface area contributed by atoms with E-state index in [9.17, 15) is 22.4 Å². The SMILES string of the molecule is COC(=O)Oc1cccc(Cl)c1COc1cc(F)c(C)cc1C(F)(F)F. The largest absolute Gasteiger partial charge is 0.513 e. The highest BCUT2D eigenvalue weighted by atomic mass is 35.5. The topological polar surface area (TPSA) is 44.8 Å². The van der Waals surface area contributed by atoms with Gasteiger partial charge in [-0.25, -0.2) is 9.18 Å². The lowest BCUT2D eigenvalue weighted by atomic mass is 10.1. The molecule has 0 N–H and O–H groups in total. The zero-order chi connectivity index (χ0) is 19.5. The minimum absolute atomic E-state index is 0.0505. The van der Waals surface area contributed by atoms with Gasteiger partial charge in [0.1, 0.15) is 23.9 Å². The van der Waals surface area contributed by atoms with E-state index >= 15 is 0 Å². The summed E-state index contributed by atoms with van der Waals surface area (Å²) >= 11 is 6.00. The van der Waals surface area contributed by atoms with Crippen molar-refractivity contribution >= 4 is 17.8 Å². The van der Waals surface area contributed by atoms with E-state index in [4.69, 9.17) is 21.1 Å². The highest BCUT2D eigenvalue weighted by Crippen LogP contribution is 2.38. The number of hydrogen-bond donors (Lipinski definition) is 0. The summed E-state index contributed by atoms with van der Waals surface area (Å²) in [5.41, 5.74) is -1.19. The van der Waals surface area contributed by atoms with Crippen molar-refractivity contribution in [3.8, 4) is 11.5 Å². The van der Waals surface area contributed by atoms with Crippen molar-refractivity contribution in [3.05, 3.63) is 57.9 Å². The Balaban J connectivity index is 2.35. The van der Waals surface area contributed by atoms with E-state index in [1.54, 1.807) is 0 Å². The maximum Gasteiger partial charge on any atom is 0.513 e. The maximum absolute atomic E-state index is 13.7. The van der Waals surface area contributed by atoms with Crippen LogP contribution in [0.2, 0.25) is 5.02 Å². The predicted octanol–water partition coefficient (Wildman–Crippen LogP) is 5.53. The van der Waals surface area contributed by atoms with Gasteiger partial charge in [0.05, 0.1) is 23.3 Å². The Labute approximate surface area is 151 Å². The van der Waals surface area contributed by atoms with Crippen LogP contribution in [0, 0.1) is 12.7 Å². The second-order valence-electron chi connectivity index (χ2n) is 5.16. The molecule has 140 valence electrons. The van der Waals surface area contributed by atoms with Crippen molar-refractivity contribution in [2.75, 3.05) is 7.11 Å². The minimum Gasteiger partial charge on any atom is -0.488 e. The summed E-state index contributed by atoms with van der Waals surface area (Å²) in [7, 11) is 1.09. The quantitative estimate of drug-likeness (QED) is 0.390. The third kappa shape index (κ3) is 4.57. The van der Waals surface area contributed by atoms with Crippen LogP contribution in [0.3, 0.4) is 0 Å². The molecule has 0 atom stereocenters. The van der Waals surface area contributed by atoms with E-state index < -0.39 is 36.1 Å². The Kier molecular flexibility index (Phi) is 5.97. The third-order valence-corrected chi connectivity index (χ3v) is 3.73. The first-order valence-corrected chi connectivity index (χ1v) is 7.54. The zero-order valence-electron chi connectivity index (χ0n) is 13.6. The molecule has 0 amide bonds. The van der Waals surface area contributed by atoms with Crippen LogP contribution < -0.4 is 9.47 Å². The van der Waals surface area contributed by atoms with Gasteiger partial charge in [0, 0.05) is 6.07 Å². The van der Waals surface area contributed by atoms with Crippen LogP contribution in [0.5, 0.6) is 11.5 Å². The number of rotatable bonds is 4. The van der Waals surface area contributed by atoms with Gasteiger partial charge < -0.3 is 14.2 Å². The van der Waals surface area contributed by atoms with Gasteiger partial charge in [-0.1, -0.05) is 17.7 Å². The molecule has 4 nitrogen and oxygen atoms in total. The molecule has 0 spiro atoms. The van der Waals surface area contributed by atoms with E-state index in [1.165, 1.54) is 25.1 Å². The lowest BCUT2D eigenvalue weighted by molar-refractivity contribution is -0.139. The van der Waals surface area contributed by atoms with Crippen LogP contribution in [-0.2, 0) is 17.5 Å². The molecule has 0 saturated heterocycles. The van der Waals surface area contributed by atoms with Crippen LogP contribution in [-0.4, -0.2) is 13.3 Å². The second-order valence-corrected chi connectivity index (χ2v) is 5.56. The molecular formula is C17H13ClF4O4. The summed E-state index contributed by atoms with van der Waals surface area (Å²) in [4.78, 5) is 11.3. The average Bonchev–Trinajstić information content (AvgIpc) is 2.56. The Hall–Kier alpha value is -2.48. The number of methoxy groups -OCH3 is 1. The molecule has 0 heterocycles. The number of carbonyl (C=O) groups is 1. The Bertz CT molecular complexity index is 821. The number of carbonyl (C=O) groups excluding carboxylic acids is 1. The van der Waals surface area contributed by atoms with Crippen molar-refractivity contribution in [2.45, 2.75) is 19.7 Å². The highest BCUT2D eigenvalue weighted by molar-refractivity contribution is 6.31. The van der Waals surface area contributed by atoms with Crippen LogP contribution in [0.1, 0.15) is 16.7 Å². The Morgan fingerprint density at radius 1 is 1.19 bits per heavy atom. The van der Waals surface area contributed by atoms with E-state index in [-0.39, 0.29) is 21.9 Å². The Morgan fingerprint density at radius 3 is 2.50 bits per heavy atom. The summed E-state index contributed by atoms with van der Waals surface area (Å²) < 4.78 is 67.5. The fourth-order valence-electron chi connectivity index (χ4n) is 2.06. The number of benzene rings is 2. The van der Waals surface area contributed by atoms with Crippen molar-refractivity contribution in [2.24, 2.45) is 0 Å². The molecule has 0 fully saturated rings. The fraction of sp³-hybridized carbons (Fsp3) is 0.235. The first kappa shape index (κ1) is 19.8.